The Morgan fingerprint density at radius 2 is 1.96 bits per heavy atom. The third kappa shape index (κ3) is 4.03. The van der Waals surface area contributed by atoms with Crippen LogP contribution in [0.5, 0.6) is 0 Å². The molecule has 9 heteroatoms. The maximum atomic E-state index is 13.1. The van der Waals surface area contributed by atoms with Gasteiger partial charge in [0.25, 0.3) is 5.56 Å². The molecular weight excluding hydrogens is 354 g/mol. The number of nitrogens with zero attached hydrogens (tertiary/aromatic N) is 2. The summed E-state index contributed by atoms with van der Waals surface area (Å²) < 4.78 is 39.4. The lowest BCUT2D eigenvalue weighted by atomic mass is 10.0. The summed E-state index contributed by atoms with van der Waals surface area (Å²) in [6.07, 6.45) is -5.56. The maximum absolute atomic E-state index is 13.1. The summed E-state index contributed by atoms with van der Waals surface area (Å²) in [4.78, 5) is 17.5. The molecule has 0 unspecified atom stereocenters. The van der Waals surface area contributed by atoms with Crippen molar-refractivity contribution in [3.05, 3.63) is 61.2 Å². The van der Waals surface area contributed by atoms with Crippen LogP contribution in [0.3, 0.4) is 0 Å². The Balaban J connectivity index is 2.54. The number of hydrogen-bond acceptors (Lipinski definition) is 3. The molecule has 0 aliphatic rings. The van der Waals surface area contributed by atoms with Crippen molar-refractivity contribution in [1.82, 2.24) is 9.97 Å². The topological polar surface area (TPSA) is 69.5 Å². The standard InChI is InChI=1S/C14H8Cl2F3N3O/c15-9-2-1-7(6-10(9)16)5-8-12(14(17,18)19)21-11(3-4-20)22-13(8)23/h1-2,6H,3,5H2,(H,21,22,23). The lowest BCUT2D eigenvalue weighted by molar-refractivity contribution is -0.142. The number of rotatable bonds is 3. The van der Waals surface area contributed by atoms with E-state index in [1.165, 1.54) is 18.2 Å². The minimum atomic E-state index is -4.82. The Labute approximate surface area is 138 Å². The Kier molecular flexibility index (Phi) is 4.97. The SMILES string of the molecule is N#CCc1nc(C(F)(F)F)c(Cc2ccc(Cl)c(Cl)c2)c(=O)[nH]1. The molecular formula is C14H8Cl2F3N3O. The van der Waals surface area contributed by atoms with Crippen molar-refractivity contribution in [2.24, 2.45) is 0 Å². The van der Waals surface area contributed by atoms with Crippen LogP contribution in [0.25, 0.3) is 0 Å². The first-order valence-electron chi connectivity index (χ1n) is 6.22. The Hall–Kier alpha value is -2.04. The second-order valence-electron chi connectivity index (χ2n) is 4.60. The molecule has 0 saturated heterocycles. The van der Waals surface area contributed by atoms with Gasteiger partial charge in [-0.3, -0.25) is 4.79 Å². The first-order valence-corrected chi connectivity index (χ1v) is 6.98. The molecule has 1 aromatic carbocycles. The van der Waals surface area contributed by atoms with Gasteiger partial charge in [-0.05, 0) is 17.7 Å². The first-order chi connectivity index (χ1) is 10.7. The summed E-state index contributed by atoms with van der Waals surface area (Å²) in [7, 11) is 0. The average Bonchev–Trinajstić information content (AvgIpc) is 2.44. The molecule has 0 atom stereocenters. The smallest absolute Gasteiger partial charge is 0.309 e. The van der Waals surface area contributed by atoms with E-state index < -0.39 is 29.4 Å². The molecule has 1 heterocycles. The van der Waals surface area contributed by atoms with Gasteiger partial charge in [-0.15, -0.1) is 0 Å². The molecule has 0 fully saturated rings. The van der Waals surface area contributed by atoms with E-state index in [4.69, 9.17) is 28.5 Å². The van der Waals surface area contributed by atoms with Gasteiger partial charge in [-0.25, -0.2) is 4.98 Å². The monoisotopic (exact) mass is 361 g/mol. The van der Waals surface area contributed by atoms with Crippen molar-refractivity contribution in [3.63, 3.8) is 0 Å². The minimum absolute atomic E-state index is 0.170. The molecule has 1 N–H and O–H groups in total. The van der Waals surface area contributed by atoms with E-state index in [9.17, 15) is 18.0 Å². The Morgan fingerprint density at radius 3 is 2.52 bits per heavy atom. The minimum Gasteiger partial charge on any atom is -0.309 e. The first kappa shape index (κ1) is 17.3. The molecule has 0 aliphatic carbocycles. The quantitative estimate of drug-likeness (QED) is 0.904. The van der Waals surface area contributed by atoms with Gasteiger partial charge in [0.05, 0.1) is 28.1 Å². The van der Waals surface area contributed by atoms with E-state index in [-0.39, 0.29) is 22.3 Å². The molecule has 2 aromatic rings. The maximum Gasteiger partial charge on any atom is 0.433 e. The molecule has 23 heavy (non-hydrogen) atoms. The summed E-state index contributed by atoms with van der Waals surface area (Å²) in [6.45, 7) is 0. The second kappa shape index (κ2) is 6.60. The van der Waals surface area contributed by atoms with Crippen LogP contribution in [0, 0.1) is 11.3 Å². The van der Waals surface area contributed by atoms with Crippen LogP contribution in [0.2, 0.25) is 10.0 Å². The fourth-order valence-corrected chi connectivity index (χ4v) is 2.28. The van der Waals surface area contributed by atoms with Gasteiger partial charge < -0.3 is 4.98 Å². The molecule has 1 aromatic heterocycles. The third-order valence-corrected chi connectivity index (χ3v) is 3.68. The fraction of sp³-hybridized carbons (Fsp3) is 0.214. The van der Waals surface area contributed by atoms with Crippen molar-refractivity contribution in [1.29, 1.82) is 5.26 Å². The molecule has 120 valence electrons. The van der Waals surface area contributed by atoms with Crippen LogP contribution < -0.4 is 5.56 Å². The largest absolute Gasteiger partial charge is 0.433 e. The lowest BCUT2D eigenvalue weighted by Crippen LogP contribution is -2.25. The highest BCUT2D eigenvalue weighted by Crippen LogP contribution is 2.31. The van der Waals surface area contributed by atoms with Crippen molar-refractivity contribution < 1.29 is 13.2 Å². The predicted octanol–water partition coefficient (Wildman–Crippen LogP) is 3.75. The van der Waals surface area contributed by atoms with Crippen molar-refractivity contribution >= 4 is 23.2 Å². The number of alkyl halides is 3. The predicted molar refractivity (Wildman–Crippen MR) is 78.4 cm³/mol. The van der Waals surface area contributed by atoms with Gasteiger partial charge >= 0.3 is 6.18 Å². The van der Waals surface area contributed by atoms with Gasteiger partial charge in [0.15, 0.2) is 5.69 Å². The molecule has 0 bridgehead atoms. The molecule has 2 rings (SSSR count). The number of nitrogens with one attached hydrogen (secondary N) is 1. The number of benzene rings is 1. The zero-order valence-electron chi connectivity index (χ0n) is 11.3. The van der Waals surface area contributed by atoms with E-state index in [1.54, 1.807) is 6.07 Å². The number of halogens is 5. The summed E-state index contributed by atoms with van der Waals surface area (Å²) >= 11 is 11.6. The highest BCUT2D eigenvalue weighted by Gasteiger charge is 2.37. The molecule has 0 spiro atoms. The number of H-pyrrole nitrogens is 1. The Bertz CT molecular complexity index is 841. The van der Waals surface area contributed by atoms with Crippen molar-refractivity contribution in [2.45, 2.75) is 19.0 Å². The van der Waals surface area contributed by atoms with Gasteiger partial charge in [0.2, 0.25) is 0 Å². The zero-order valence-corrected chi connectivity index (χ0v) is 12.9. The van der Waals surface area contributed by atoms with Crippen molar-refractivity contribution in [3.8, 4) is 6.07 Å². The molecule has 0 aliphatic heterocycles. The summed E-state index contributed by atoms with van der Waals surface area (Å²) in [5.74, 6) is -0.331. The summed E-state index contributed by atoms with van der Waals surface area (Å²) in [5, 5.41) is 8.97. The second-order valence-corrected chi connectivity index (χ2v) is 5.41. The Morgan fingerprint density at radius 1 is 1.26 bits per heavy atom. The third-order valence-electron chi connectivity index (χ3n) is 2.94. The van der Waals surface area contributed by atoms with E-state index in [0.29, 0.717) is 5.56 Å². The van der Waals surface area contributed by atoms with Crippen LogP contribution >= 0.6 is 23.2 Å². The molecule has 0 amide bonds. The summed E-state index contributed by atoms with van der Waals surface area (Å²) in [6, 6.07) is 5.92. The van der Waals surface area contributed by atoms with Crippen LogP contribution in [0.15, 0.2) is 23.0 Å². The van der Waals surface area contributed by atoms with Gasteiger partial charge in [-0.2, -0.15) is 18.4 Å². The van der Waals surface area contributed by atoms with Gasteiger partial charge in [-0.1, -0.05) is 29.3 Å². The van der Waals surface area contributed by atoms with Gasteiger partial charge in [0, 0.05) is 6.42 Å². The highest BCUT2D eigenvalue weighted by atomic mass is 35.5. The van der Waals surface area contributed by atoms with E-state index in [0.717, 1.165) is 0 Å². The summed E-state index contributed by atoms with van der Waals surface area (Å²) in [5.41, 5.74) is -2.41. The van der Waals surface area contributed by atoms with Crippen LogP contribution in [-0.2, 0) is 19.0 Å². The highest BCUT2D eigenvalue weighted by molar-refractivity contribution is 6.42. The molecule has 4 nitrogen and oxygen atoms in total. The van der Waals surface area contributed by atoms with Crippen LogP contribution in [0.1, 0.15) is 22.6 Å². The lowest BCUT2D eigenvalue weighted by Gasteiger charge is -2.12. The number of aromatic nitrogens is 2. The van der Waals surface area contributed by atoms with E-state index in [2.05, 4.69) is 9.97 Å². The normalized spacial score (nSPS) is 11.3. The molecule has 0 radical (unpaired) electrons. The van der Waals surface area contributed by atoms with Gasteiger partial charge in [0.1, 0.15) is 5.82 Å². The van der Waals surface area contributed by atoms with E-state index >= 15 is 0 Å². The fourth-order valence-electron chi connectivity index (χ4n) is 1.96. The number of aromatic amines is 1. The average molecular weight is 362 g/mol. The van der Waals surface area contributed by atoms with Crippen LogP contribution in [0.4, 0.5) is 13.2 Å². The number of nitriles is 1. The van der Waals surface area contributed by atoms with Crippen molar-refractivity contribution in [2.75, 3.05) is 0 Å². The number of hydrogen-bond donors (Lipinski definition) is 1. The molecule has 0 saturated carbocycles. The zero-order chi connectivity index (χ0) is 17.2. The van der Waals surface area contributed by atoms with Crippen LogP contribution in [-0.4, -0.2) is 9.97 Å². The van der Waals surface area contributed by atoms with E-state index in [1.807, 2.05) is 0 Å².